The summed E-state index contributed by atoms with van der Waals surface area (Å²) in [6.45, 7) is 8.12. The molecule has 2 rings (SSSR count). The van der Waals surface area contributed by atoms with Gasteiger partial charge in [0, 0.05) is 12.1 Å². The first-order chi connectivity index (χ1) is 9.08. The average molecular weight is 296 g/mol. The van der Waals surface area contributed by atoms with Crippen molar-refractivity contribution in [3.05, 3.63) is 33.8 Å². The molecular formula is C14H18ClN3S. The fourth-order valence-corrected chi connectivity index (χ4v) is 2.83. The number of nitrogens with zero attached hydrogens (tertiary/aromatic N) is 2. The van der Waals surface area contributed by atoms with Crippen molar-refractivity contribution in [2.75, 3.05) is 6.54 Å². The molecule has 2 aromatic rings. The summed E-state index contributed by atoms with van der Waals surface area (Å²) >= 11 is 7.90. The van der Waals surface area contributed by atoms with Crippen LogP contribution in [-0.2, 0) is 6.54 Å². The summed E-state index contributed by atoms with van der Waals surface area (Å²) < 4.78 is 0. The normalized spacial score (nSPS) is 11.2. The van der Waals surface area contributed by atoms with E-state index in [9.17, 15) is 0 Å². The molecule has 1 aromatic carbocycles. The van der Waals surface area contributed by atoms with E-state index in [0.29, 0.717) is 5.92 Å². The van der Waals surface area contributed by atoms with E-state index in [4.69, 9.17) is 11.6 Å². The van der Waals surface area contributed by atoms with Crippen molar-refractivity contribution in [2.45, 2.75) is 27.3 Å². The van der Waals surface area contributed by atoms with Crippen molar-refractivity contribution in [2.24, 2.45) is 5.92 Å². The van der Waals surface area contributed by atoms with E-state index in [2.05, 4.69) is 29.4 Å². The molecule has 0 saturated carbocycles. The second-order valence-corrected chi connectivity index (χ2v) is 6.40. The summed E-state index contributed by atoms with van der Waals surface area (Å²) in [6.07, 6.45) is 0. The highest BCUT2D eigenvalue weighted by atomic mass is 35.5. The lowest BCUT2D eigenvalue weighted by atomic mass is 10.1. The van der Waals surface area contributed by atoms with E-state index < -0.39 is 0 Å². The zero-order valence-electron chi connectivity index (χ0n) is 11.4. The Labute approximate surface area is 123 Å². The maximum absolute atomic E-state index is 6.31. The molecule has 0 bridgehead atoms. The van der Waals surface area contributed by atoms with Crippen LogP contribution in [0.25, 0.3) is 10.6 Å². The SMILES string of the molecule is Cc1cccc(-c2nnc(CNCC(C)C)s2)c1Cl. The molecule has 0 spiro atoms. The third-order valence-corrected chi connectivity index (χ3v) is 4.18. The molecule has 0 fully saturated rings. The molecule has 1 aromatic heterocycles. The molecule has 0 aliphatic heterocycles. The zero-order valence-corrected chi connectivity index (χ0v) is 13.0. The average Bonchev–Trinajstić information content (AvgIpc) is 2.81. The van der Waals surface area contributed by atoms with E-state index in [1.165, 1.54) is 0 Å². The molecule has 1 heterocycles. The third kappa shape index (κ3) is 3.75. The van der Waals surface area contributed by atoms with Crippen LogP contribution in [0, 0.1) is 12.8 Å². The van der Waals surface area contributed by atoms with E-state index in [1.807, 2.05) is 25.1 Å². The van der Waals surface area contributed by atoms with Gasteiger partial charge in [-0.15, -0.1) is 10.2 Å². The summed E-state index contributed by atoms with van der Waals surface area (Å²) in [5, 5.41) is 14.4. The number of benzene rings is 1. The first-order valence-electron chi connectivity index (χ1n) is 6.36. The first-order valence-corrected chi connectivity index (χ1v) is 7.56. The van der Waals surface area contributed by atoms with Crippen LogP contribution in [0.3, 0.4) is 0 Å². The summed E-state index contributed by atoms with van der Waals surface area (Å²) in [7, 11) is 0. The van der Waals surface area contributed by atoms with Gasteiger partial charge in [0.25, 0.3) is 0 Å². The molecule has 0 atom stereocenters. The number of hydrogen-bond acceptors (Lipinski definition) is 4. The highest BCUT2D eigenvalue weighted by Gasteiger charge is 2.11. The molecule has 102 valence electrons. The van der Waals surface area contributed by atoms with Gasteiger partial charge in [0.2, 0.25) is 0 Å². The molecule has 0 aliphatic rings. The zero-order chi connectivity index (χ0) is 13.8. The van der Waals surface area contributed by atoms with Crippen LogP contribution in [0.4, 0.5) is 0 Å². The van der Waals surface area contributed by atoms with Gasteiger partial charge in [0.05, 0.1) is 5.02 Å². The minimum atomic E-state index is 0.638. The fraction of sp³-hybridized carbons (Fsp3) is 0.429. The molecule has 0 radical (unpaired) electrons. The smallest absolute Gasteiger partial charge is 0.149 e. The lowest BCUT2D eigenvalue weighted by molar-refractivity contribution is 0.550. The molecule has 0 amide bonds. The van der Waals surface area contributed by atoms with Crippen molar-refractivity contribution < 1.29 is 0 Å². The van der Waals surface area contributed by atoms with Crippen molar-refractivity contribution in [1.29, 1.82) is 0 Å². The highest BCUT2D eigenvalue weighted by molar-refractivity contribution is 7.14. The van der Waals surface area contributed by atoms with Gasteiger partial charge in [0.1, 0.15) is 10.0 Å². The fourth-order valence-electron chi connectivity index (χ4n) is 1.71. The topological polar surface area (TPSA) is 37.8 Å². The van der Waals surface area contributed by atoms with Crippen molar-refractivity contribution in [3.8, 4) is 10.6 Å². The number of rotatable bonds is 5. The Bertz CT molecular complexity index is 551. The second-order valence-electron chi connectivity index (χ2n) is 4.96. The minimum absolute atomic E-state index is 0.638. The minimum Gasteiger partial charge on any atom is -0.310 e. The van der Waals surface area contributed by atoms with Crippen molar-refractivity contribution in [3.63, 3.8) is 0 Å². The molecular weight excluding hydrogens is 278 g/mol. The van der Waals surface area contributed by atoms with Crippen LogP contribution in [0.1, 0.15) is 24.4 Å². The molecule has 0 unspecified atom stereocenters. The molecule has 19 heavy (non-hydrogen) atoms. The maximum atomic E-state index is 6.31. The van der Waals surface area contributed by atoms with E-state index in [-0.39, 0.29) is 0 Å². The summed E-state index contributed by atoms with van der Waals surface area (Å²) in [6, 6.07) is 5.98. The van der Waals surface area contributed by atoms with Gasteiger partial charge in [0.15, 0.2) is 0 Å². The number of nitrogens with one attached hydrogen (secondary N) is 1. The Balaban J connectivity index is 2.10. The number of aryl methyl sites for hydroxylation is 1. The van der Waals surface area contributed by atoms with Gasteiger partial charge in [-0.1, -0.05) is 55.0 Å². The quantitative estimate of drug-likeness (QED) is 0.909. The van der Waals surface area contributed by atoms with Crippen LogP contribution in [0.5, 0.6) is 0 Å². The van der Waals surface area contributed by atoms with Crippen LogP contribution in [0.15, 0.2) is 18.2 Å². The Kier molecular flexibility index (Phi) is 4.91. The second kappa shape index (κ2) is 6.46. The molecule has 1 N–H and O–H groups in total. The van der Waals surface area contributed by atoms with Gasteiger partial charge in [-0.3, -0.25) is 0 Å². The maximum Gasteiger partial charge on any atom is 0.149 e. The molecule has 0 aliphatic carbocycles. The van der Waals surface area contributed by atoms with Crippen LogP contribution >= 0.6 is 22.9 Å². The van der Waals surface area contributed by atoms with Gasteiger partial charge in [-0.2, -0.15) is 0 Å². The third-order valence-electron chi connectivity index (χ3n) is 2.72. The van der Waals surface area contributed by atoms with Crippen LogP contribution in [0.2, 0.25) is 5.02 Å². The van der Waals surface area contributed by atoms with Gasteiger partial charge in [-0.25, -0.2) is 0 Å². The predicted octanol–water partition coefficient (Wildman–Crippen LogP) is 3.91. The number of aromatic nitrogens is 2. The Hall–Kier alpha value is -0.970. The van der Waals surface area contributed by atoms with Gasteiger partial charge in [-0.05, 0) is 24.9 Å². The number of halogens is 1. The van der Waals surface area contributed by atoms with Crippen molar-refractivity contribution >= 4 is 22.9 Å². The Morgan fingerprint density at radius 1 is 1.32 bits per heavy atom. The van der Waals surface area contributed by atoms with E-state index in [0.717, 1.165) is 39.3 Å². The van der Waals surface area contributed by atoms with E-state index in [1.54, 1.807) is 11.3 Å². The number of hydrogen-bond donors (Lipinski definition) is 1. The van der Waals surface area contributed by atoms with Crippen LogP contribution < -0.4 is 5.32 Å². The first kappa shape index (κ1) is 14.4. The largest absolute Gasteiger partial charge is 0.310 e. The molecule has 5 heteroatoms. The monoisotopic (exact) mass is 295 g/mol. The van der Waals surface area contributed by atoms with E-state index >= 15 is 0 Å². The van der Waals surface area contributed by atoms with Crippen molar-refractivity contribution in [1.82, 2.24) is 15.5 Å². The Morgan fingerprint density at radius 2 is 2.11 bits per heavy atom. The predicted molar refractivity (Wildman–Crippen MR) is 81.6 cm³/mol. The van der Waals surface area contributed by atoms with Gasteiger partial charge < -0.3 is 5.32 Å². The Morgan fingerprint density at radius 3 is 2.84 bits per heavy atom. The lowest BCUT2D eigenvalue weighted by Crippen LogP contribution is -2.18. The molecule has 0 saturated heterocycles. The summed E-state index contributed by atoms with van der Waals surface area (Å²) in [4.78, 5) is 0. The lowest BCUT2D eigenvalue weighted by Gasteiger charge is -2.04. The summed E-state index contributed by atoms with van der Waals surface area (Å²) in [5.74, 6) is 0.638. The van der Waals surface area contributed by atoms with Crippen LogP contribution in [-0.4, -0.2) is 16.7 Å². The summed E-state index contributed by atoms with van der Waals surface area (Å²) in [5.41, 5.74) is 2.03. The highest BCUT2D eigenvalue weighted by Crippen LogP contribution is 2.32. The standard InChI is InChI=1S/C14H18ClN3S/c1-9(2)7-16-8-12-17-18-14(19-12)11-6-4-5-10(3)13(11)15/h4-6,9,16H,7-8H2,1-3H3. The molecule has 3 nitrogen and oxygen atoms in total. The van der Waals surface area contributed by atoms with Gasteiger partial charge >= 0.3 is 0 Å².